The summed E-state index contributed by atoms with van der Waals surface area (Å²) in [6, 6.07) is 6.95. The normalized spacial score (nSPS) is 27.6. The third-order valence-electron chi connectivity index (χ3n) is 6.21. The molecule has 1 aromatic heterocycles. The number of anilines is 1. The molecule has 1 saturated carbocycles. The molecule has 1 amide bonds. The van der Waals surface area contributed by atoms with Crippen molar-refractivity contribution in [2.45, 2.75) is 31.5 Å². The van der Waals surface area contributed by atoms with Crippen molar-refractivity contribution in [1.82, 2.24) is 15.3 Å². The Hall–Kier alpha value is -3.29. The van der Waals surface area contributed by atoms with Gasteiger partial charge >= 0.3 is 0 Å². The van der Waals surface area contributed by atoms with Gasteiger partial charge in [-0.2, -0.15) is 0 Å². The van der Waals surface area contributed by atoms with E-state index in [9.17, 15) is 13.6 Å². The van der Waals surface area contributed by atoms with E-state index in [4.69, 9.17) is 5.73 Å². The zero-order valence-electron chi connectivity index (χ0n) is 16.5. The number of nitrogens with two attached hydrogens (primary N) is 1. The molecule has 0 saturated heterocycles. The number of benzene rings is 1. The average Bonchev–Trinajstić information content (AvgIpc) is 2.73. The van der Waals surface area contributed by atoms with Gasteiger partial charge in [-0.25, -0.2) is 18.7 Å². The second-order valence-electron chi connectivity index (χ2n) is 7.99. The Bertz CT molecular complexity index is 1010. The smallest absolute Gasteiger partial charge is 0.249 e. The number of dihydropyridines is 1. The number of carbonyl (C=O) groups is 1. The summed E-state index contributed by atoms with van der Waals surface area (Å²) in [5, 5.41) is 6.21. The minimum atomic E-state index is -1.00. The van der Waals surface area contributed by atoms with E-state index in [0.29, 0.717) is 29.2 Å². The van der Waals surface area contributed by atoms with Gasteiger partial charge in [-0.1, -0.05) is 18.2 Å². The van der Waals surface area contributed by atoms with E-state index in [0.717, 1.165) is 0 Å². The number of rotatable bonds is 6. The van der Waals surface area contributed by atoms with Crippen molar-refractivity contribution >= 4 is 11.9 Å². The van der Waals surface area contributed by atoms with E-state index in [2.05, 4.69) is 20.6 Å². The minimum absolute atomic E-state index is 0.239. The SMILES string of the molecule is CC1(C2(CNc3ncc(-c4ccccc4C(N)=O)cn3)CC(F)C2)NC=CC=C1F. The monoisotopic (exact) mass is 411 g/mol. The summed E-state index contributed by atoms with van der Waals surface area (Å²) < 4.78 is 28.5. The summed E-state index contributed by atoms with van der Waals surface area (Å²) in [6.07, 6.45) is 7.38. The van der Waals surface area contributed by atoms with E-state index in [-0.39, 0.29) is 18.7 Å². The highest BCUT2D eigenvalue weighted by Crippen LogP contribution is 2.54. The first-order valence-electron chi connectivity index (χ1n) is 9.74. The number of primary amides is 1. The highest BCUT2D eigenvalue weighted by molar-refractivity contribution is 5.99. The molecule has 1 fully saturated rings. The van der Waals surface area contributed by atoms with Crippen LogP contribution in [0, 0.1) is 5.41 Å². The number of halogens is 2. The molecule has 4 N–H and O–H groups in total. The molecule has 1 aromatic carbocycles. The number of allylic oxidation sites excluding steroid dienone is 2. The lowest BCUT2D eigenvalue weighted by atomic mass is 9.55. The third kappa shape index (κ3) is 3.32. The molecule has 2 heterocycles. The van der Waals surface area contributed by atoms with Crippen LogP contribution in [0.4, 0.5) is 14.7 Å². The van der Waals surface area contributed by atoms with Crippen molar-refractivity contribution in [3.05, 3.63) is 66.4 Å². The molecule has 0 spiro atoms. The van der Waals surface area contributed by atoms with Crippen molar-refractivity contribution < 1.29 is 13.6 Å². The van der Waals surface area contributed by atoms with Crippen molar-refractivity contribution in [3.8, 4) is 11.1 Å². The van der Waals surface area contributed by atoms with Crippen LogP contribution in [-0.2, 0) is 0 Å². The third-order valence-corrected chi connectivity index (χ3v) is 6.21. The summed E-state index contributed by atoms with van der Waals surface area (Å²) >= 11 is 0. The fourth-order valence-electron chi connectivity index (χ4n) is 4.26. The molecule has 1 atom stereocenters. The molecule has 8 heteroatoms. The predicted octanol–water partition coefficient (Wildman–Crippen LogP) is 3.50. The summed E-state index contributed by atoms with van der Waals surface area (Å²) in [5.74, 6) is -0.507. The van der Waals surface area contributed by atoms with Gasteiger partial charge in [-0.3, -0.25) is 4.79 Å². The number of nitrogens with zero attached hydrogens (tertiary/aromatic N) is 2. The molecule has 1 aliphatic heterocycles. The van der Waals surface area contributed by atoms with Crippen LogP contribution < -0.4 is 16.4 Å². The summed E-state index contributed by atoms with van der Waals surface area (Å²) in [5.41, 5.74) is 5.46. The maximum atomic E-state index is 14.7. The Kier molecular flexibility index (Phi) is 5.01. The lowest BCUT2D eigenvalue weighted by Gasteiger charge is -2.55. The minimum Gasteiger partial charge on any atom is -0.379 e. The van der Waals surface area contributed by atoms with Crippen molar-refractivity contribution in [3.63, 3.8) is 0 Å². The van der Waals surface area contributed by atoms with Gasteiger partial charge in [0.25, 0.3) is 0 Å². The van der Waals surface area contributed by atoms with Gasteiger partial charge in [0, 0.05) is 35.5 Å². The van der Waals surface area contributed by atoms with E-state index >= 15 is 0 Å². The van der Waals surface area contributed by atoms with Gasteiger partial charge in [0.15, 0.2) is 0 Å². The molecule has 0 radical (unpaired) electrons. The molecule has 1 unspecified atom stereocenters. The van der Waals surface area contributed by atoms with E-state index in [1.54, 1.807) is 55.9 Å². The van der Waals surface area contributed by atoms with Gasteiger partial charge in [0.1, 0.15) is 12.0 Å². The first-order valence-corrected chi connectivity index (χ1v) is 9.74. The maximum Gasteiger partial charge on any atom is 0.249 e. The first-order chi connectivity index (χ1) is 14.3. The highest BCUT2D eigenvalue weighted by Gasteiger charge is 2.58. The van der Waals surface area contributed by atoms with Gasteiger partial charge in [-0.05, 0) is 49.7 Å². The number of amides is 1. The highest BCUT2D eigenvalue weighted by atomic mass is 19.1. The summed E-state index contributed by atoms with van der Waals surface area (Å²) in [4.78, 5) is 20.3. The molecule has 2 aliphatic rings. The van der Waals surface area contributed by atoms with Gasteiger partial charge in [-0.15, -0.1) is 0 Å². The zero-order chi connectivity index (χ0) is 21.4. The van der Waals surface area contributed by atoms with Crippen molar-refractivity contribution in [1.29, 1.82) is 0 Å². The Balaban J connectivity index is 1.52. The Morgan fingerprint density at radius 2 is 2.00 bits per heavy atom. The van der Waals surface area contributed by atoms with Crippen LogP contribution in [0.15, 0.2) is 60.8 Å². The number of alkyl halides is 1. The lowest BCUT2D eigenvalue weighted by molar-refractivity contribution is -0.0300. The van der Waals surface area contributed by atoms with Crippen LogP contribution in [0.1, 0.15) is 30.1 Å². The lowest BCUT2D eigenvalue weighted by Crippen LogP contribution is -2.64. The number of hydrogen-bond donors (Lipinski definition) is 3. The first kappa shape index (κ1) is 20.0. The molecule has 1 aliphatic carbocycles. The molecule has 30 heavy (non-hydrogen) atoms. The molecule has 156 valence electrons. The Morgan fingerprint density at radius 1 is 1.30 bits per heavy atom. The second-order valence-corrected chi connectivity index (χ2v) is 7.99. The molecular weight excluding hydrogens is 388 g/mol. The fraction of sp³-hybridized carbons (Fsp3) is 0.318. The molecule has 4 rings (SSSR count). The van der Waals surface area contributed by atoms with Gasteiger partial charge in [0.05, 0.1) is 5.54 Å². The van der Waals surface area contributed by atoms with Crippen LogP contribution in [0.3, 0.4) is 0 Å². The van der Waals surface area contributed by atoms with Gasteiger partial charge < -0.3 is 16.4 Å². The van der Waals surface area contributed by atoms with Crippen LogP contribution in [0.5, 0.6) is 0 Å². The maximum absolute atomic E-state index is 14.7. The van der Waals surface area contributed by atoms with Gasteiger partial charge in [0.2, 0.25) is 11.9 Å². The molecular formula is C22H23F2N5O. The summed E-state index contributed by atoms with van der Waals surface area (Å²) in [7, 11) is 0. The van der Waals surface area contributed by atoms with Crippen LogP contribution >= 0.6 is 0 Å². The second kappa shape index (κ2) is 7.51. The number of aromatic nitrogens is 2. The quantitative estimate of drug-likeness (QED) is 0.677. The fourth-order valence-corrected chi connectivity index (χ4v) is 4.26. The number of hydrogen-bond acceptors (Lipinski definition) is 5. The summed E-state index contributed by atoms with van der Waals surface area (Å²) in [6.45, 7) is 2.06. The zero-order valence-corrected chi connectivity index (χ0v) is 16.5. The van der Waals surface area contributed by atoms with E-state index in [1.165, 1.54) is 6.08 Å². The van der Waals surface area contributed by atoms with Crippen molar-refractivity contribution in [2.75, 3.05) is 11.9 Å². The Morgan fingerprint density at radius 3 is 2.63 bits per heavy atom. The topological polar surface area (TPSA) is 92.9 Å². The standard InChI is InChI=1S/C22H23F2N5O/c1-21(18(24)7-4-8-29-21)22(9-15(23)10-22)13-28-20-26-11-14(12-27-20)16-5-2-3-6-17(16)19(25)30/h2-8,11-12,15,29H,9-10,13H2,1H3,(H2,25,30)(H,26,27,28). The number of nitrogens with one attached hydrogen (secondary N) is 2. The largest absolute Gasteiger partial charge is 0.379 e. The Labute approximate surface area is 173 Å². The molecule has 6 nitrogen and oxygen atoms in total. The van der Waals surface area contributed by atoms with E-state index < -0.39 is 23.0 Å². The predicted molar refractivity (Wildman–Crippen MR) is 111 cm³/mol. The molecule has 0 bridgehead atoms. The van der Waals surface area contributed by atoms with Crippen molar-refractivity contribution in [2.24, 2.45) is 11.1 Å². The van der Waals surface area contributed by atoms with Crippen LogP contribution in [0.25, 0.3) is 11.1 Å². The molecule has 2 aromatic rings. The van der Waals surface area contributed by atoms with Crippen LogP contribution in [-0.4, -0.2) is 34.1 Å². The average molecular weight is 411 g/mol. The van der Waals surface area contributed by atoms with Crippen LogP contribution in [0.2, 0.25) is 0 Å². The van der Waals surface area contributed by atoms with E-state index in [1.807, 2.05) is 0 Å². The number of carbonyl (C=O) groups excluding carboxylic acids is 1.